The SMILES string of the molecule is NNc1nccc(C(=O)NCCOCC2CC2)c1F. The molecule has 0 radical (unpaired) electrons. The fraction of sp³-hybridized carbons (Fsp3) is 0.500. The summed E-state index contributed by atoms with van der Waals surface area (Å²) < 4.78 is 19.1. The predicted molar refractivity (Wildman–Crippen MR) is 67.9 cm³/mol. The summed E-state index contributed by atoms with van der Waals surface area (Å²) in [4.78, 5) is 15.4. The lowest BCUT2D eigenvalue weighted by Gasteiger charge is -2.08. The standard InChI is InChI=1S/C12H17FN4O2/c13-10-9(3-4-15-11(10)17-14)12(18)16-5-6-19-7-8-1-2-8/h3-4,8H,1-2,5-7,14H2,(H,15,17)(H,16,18). The van der Waals surface area contributed by atoms with Gasteiger partial charge in [0, 0.05) is 19.3 Å². The molecule has 7 heteroatoms. The van der Waals surface area contributed by atoms with E-state index in [1.807, 2.05) is 0 Å². The first-order valence-electron chi connectivity index (χ1n) is 6.19. The molecule has 1 aliphatic rings. The number of aromatic nitrogens is 1. The average Bonchev–Trinajstić information content (AvgIpc) is 3.22. The summed E-state index contributed by atoms with van der Waals surface area (Å²) >= 11 is 0. The van der Waals surface area contributed by atoms with Gasteiger partial charge in [0.15, 0.2) is 11.6 Å². The summed E-state index contributed by atoms with van der Waals surface area (Å²) in [5.41, 5.74) is 2.00. The number of anilines is 1. The third-order valence-corrected chi connectivity index (χ3v) is 2.85. The molecular formula is C12H17FN4O2. The number of pyridine rings is 1. The number of nitrogens with two attached hydrogens (primary N) is 1. The minimum absolute atomic E-state index is 0.0925. The molecule has 104 valence electrons. The maximum Gasteiger partial charge on any atom is 0.254 e. The Kier molecular flexibility index (Phi) is 4.64. The van der Waals surface area contributed by atoms with Gasteiger partial charge >= 0.3 is 0 Å². The number of rotatable bonds is 7. The monoisotopic (exact) mass is 268 g/mol. The maximum atomic E-state index is 13.7. The average molecular weight is 268 g/mol. The zero-order valence-electron chi connectivity index (χ0n) is 10.5. The molecule has 0 spiro atoms. The van der Waals surface area contributed by atoms with Crippen molar-refractivity contribution in [1.82, 2.24) is 10.3 Å². The van der Waals surface area contributed by atoms with Crippen molar-refractivity contribution >= 4 is 11.7 Å². The topological polar surface area (TPSA) is 89.3 Å². The van der Waals surface area contributed by atoms with E-state index in [4.69, 9.17) is 10.6 Å². The number of nitrogens with zero attached hydrogens (tertiary/aromatic N) is 1. The van der Waals surface area contributed by atoms with Gasteiger partial charge in [-0.25, -0.2) is 15.2 Å². The Morgan fingerprint density at radius 2 is 2.37 bits per heavy atom. The van der Waals surface area contributed by atoms with Gasteiger partial charge < -0.3 is 15.5 Å². The molecule has 0 atom stereocenters. The summed E-state index contributed by atoms with van der Waals surface area (Å²) in [6.45, 7) is 1.51. The number of carbonyl (C=O) groups is 1. The highest BCUT2D eigenvalue weighted by atomic mass is 19.1. The van der Waals surface area contributed by atoms with E-state index in [0.29, 0.717) is 19.1 Å². The van der Waals surface area contributed by atoms with E-state index < -0.39 is 11.7 Å². The Hall–Kier alpha value is -1.73. The zero-order valence-corrected chi connectivity index (χ0v) is 10.5. The number of carbonyl (C=O) groups excluding carboxylic acids is 1. The number of ether oxygens (including phenoxy) is 1. The lowest BCUT2D eigenvalue weighted by Crippen LogP contribution is -2.28. The summed E-state index contributed by atoms with van der Waals surface area (Å²) in [7, 11) is 0. The van der Waals surface area contributed by atoms with Crippen molar-refractivity contribution in [2.24, 2.45) is 11.8 Å². The Bertz CT molecular complexity index is 451. The fourth-order valence-corrected chi connectivity index (χ4v) is 1.59. The molecule has 1 amide bonds. The molecule has 1 fully saturated rings. The first kappa shape index (κ1) is 13.7. The Balaban J connectivity index is 1.78. The molecule has 0 aliphatic heterocycles. The zero-order chi connectivity index (χ0) is 13.7. The molecule has 19 heavy (non-hydrogen) atoms. The number of hydrogen-bond donors (Lipinski definition) is 3. The lowest BCUT2D eigenvalue weighted by atomic mass is 10.2. The third kappa shape index (κ3) is 3.87. The van der Waals surface area contributed by atoms with E-state index in [2.05, 4.69) is 15.7 Å². The molecule has 1 saturated carbocycles. The van der Waals surface area contributed by atoms with Gasteiger partial charge in [-0.05, 0) is 24.8 Å². The van der Waals surface area contributed by atoms with Crippen LogP contribution in [0.2, 0.25) is 0 Å². The van der Waals surface area contributed by atoms with Gasteiger partial charge in [-0.1, -0.05) is 0 Å². The quantitative estimate of drug-likeness (QED) is 0.384. The van der Waals surface area contributed by atoms with Crippen LogP contribution < -0.4 is 16.6 Å². The van der Waals surface area contributed by atoms with E-state index in [1.54, 1.807) is 0 Å². The molecule has 0 unspecified atom stereocenters. The molecule has 1 heterocycles. The van der Waals surface area contributed by atoms with Crippen LogP contribution in [-0.2, 0) is 4.74 Å². The number of nitrogen functional groups attached to an aromatic ring is 1. The molecule has 2 rings (SSSR count). The highest BCUT2D eigenvalue weighted by molar-refractivity contribution is 5.95. The number of nitrogens with one attached hydrogen (secondary N) is 2. The molecule has 1 aliphatic carbocycles. The van der Waals surface area contributed by atoms with Crippen LogP contribution in [0.15, 0.2) is 12.3 Å². The fourth-order valence-electron chi connectivity index (χ4n) is 1.59. The molecule has 1 aromatic rings. The lowest BCUT2D eigenvalue weighted by molar-refractivity contribution is 0.0903. The maximum absolute atomic E-state index is 13.7. The summed E-state index contributed by atoms with van der Waals surface area (Å²) in [5.74, 6) is 4.35. The van der Waals surface area contributed by atoms with E-state index in [9.17, 15) is 9.18 Å². The van der Waals surface area contributed by atoms with Gasteiger partial charge in [-0.15, -0.1) is 0 Å². The van der Waals surface area contributed by atoms with Crippen molar-refractivity contribution < 1.29 is 13.9 Å². The Morgan fingerprint density at radius 1 is 1.58 bits per heavy atom. The molecular weight excluding hydrogens is 251 g/mol. The van der Waals surface area contributed by atoms with Gasteiger partial charge in [-0.3, -0.25) is 4.79 Å². The van der Waals surface area contributed by atoms with Crippen molar-refractivity contribution in [3.05, 3.63) is 23.6 Å². The second-order valence-corrected chi connectivity index (χ2v) is 4.44. The first-order valence-corrected chi connectivity index (χ1v) is 6.19. The molecule has 0 bridgehead atoms. The van der Waals surface area contributed by atoms with E-state index in [0.717, 1.165) is 6.61 Å². The first-order chi connectivity index (χ1) is 9.22. The molecule has 6 nitrogen and oxygen atoms in total. The van der Waals surface area contributed by atoms with Crippen LogP contribution in [0.25, 0.3) is 0 Å². The molecule has 0 aromatic carbocycles. The van der Waals surface area contributed by atoms with Gasteiger partial charge in [0.2, 0.25) is 0 Å². The Labute approximate surface area is 110 Å². The van der Waals surface area contributed by atoms with Crippen LogP contribution in [0.1, 0.15) is 23.2 Å². The number of hydrazine groups is 1. The van der Waals surface area contributed by atoms with Crippen molar-refractivity contribution in [3.8, 4) is 0 Å². The minimum Gasteiger partial charge on any atom is -0.379 e. The summed E-state index contributed by atoms with van der Waals surface area (Å²) in [6.07, 6.45) is 3.77. The third-order valence-electron chi connectivity index (χ3n) is 2.85. The second-order valence-electron chi connectivity index (χ2n) is 4.44. The smallest absolute Gasteiger partial charge is 0.254 e. The minimum atomic E-state index is -0.763. The highest BCUT2D eigenvalue weighted by Crippen LogP contribution is 2.28. The van der Waals surface area contributed by atoms with E-state index in [1.165, 1.54) is 25.1 Å². The van der Waals surface area contributed by atoms with Gasteiger partial charge in [-0.2, -0.15) is 0 Å². The van der Waals surface area contributed by atoms with E-state index >= 15 is 0 Å². The van der Waals surface area contributed by atoms with Gasteiger partial charge in [0.25, 0.3) is 5.91 Å². The van der Waals surface area contributed by atoms with Crippen molar-refractivity contribution in [3.63, 3.8) is 0 Å². The Morgan fingerprint density at radius 3 is 3.05 bits per heavy atom. The van der Waals surface area contributed by atoms with Crippen LogP contribution in [0.4, 0.5) is 10.2 Å². The van der Waals surface area contributed by atoms with E-state index in [-0.39, 0.29) is 11.4 Å². The normalized spacial score (nSPS) is 14.2. The molecule has 0 saturated heterocycles. The highest BCUT2D eigenvalue weighted by Gasteiger charge is 2.21. The van der Waals surface area contributed by atoms with Crippen LogP contribution in [0.3, 0.4) is 0 Å². The summed E-state index contributed by atoms with van der Waals surface area (Å²) in [5, 5.41) is 2.58. The summed E-state index contributed by atoms with van der Waals surface area (Å²) in [6, 6.07) is 1.30. The molecule has 4 N–H and O–H groups in total. The largest absolute Gasteiger partial charge is 0.379 e. The van der Waals surface area contributed by atoms with Crippen LogP contribution in [0, 0.1) is 11.7 Å². The van der Waals surface area contributed by atoms with Crippen molar-refractivity contribution in [1.29, 1.82) is 0 Å². The van der Waals surface area contributed by atoms with Gasteiger partial charge in [0.1, 0.15) is 0 Å². The number of halogens is 1. The predicted octanol–water partition coefficient (Wildman–Crippen LogP) is 0.663. The van der Waals surface area contributed by atoms with Crippen LogP contribution in [0.5, 0.6) is 0 Å². The van der Waals surface area contributed by atoms with Crippen molar-refractivity contribution in [2.45, 2.75) is 12.8 Å². The molecule has 1 aromatic heterocycles. The van der Waals surface area contributed by atoms with Gasteiger partial charge in [0.05, 0.1) is 12.2 Å². The van der Waals surface area contributed by atoms with Crippen LogP contribution >= 0.6 is 0 Å². The number of amides is 1. The van der Waals surface area contributed by atoms with Crippen LogP contribution in [-0.4, -0.2) is 30.6 Å². The number of hydrogen-bond acceptors (Lipinski definition) is 5. The van der Waals surface area contributed by atoms with Crippen molar-refractivity contribution in [2.75, 3.05) is 25.2 Å². The second kappa shape index (κ2) is 6.44.